The Balaban J connectivity index is 2.50. The first kappa shape index (κ1) is 7.12. The Morgan fingerprint density at radius 3 is 2.90 bits per heavy atom. The standard InChI is InChI=1S/C7H9O3/c1-2-3-4-6-5-9-7(8)10-6/h2-4H2,1H3. The largest absolute Gasteiger partial charge is 0.519 e. The first-order valence-corrected chi connectivity index (χ1v) is 3.33. The molecule has 0 atom stereocenters. The molecule has 0 saturated heterocycles. The molecule has 0 spiro atoms. The van der Waals surface area contributed by atoms with Crippen LogP contribution in [-0.4, -0.2) is 0 Å². The first-order valence-electron chi connectivity index (χ1n) is 3.33. The predicted octanol–water partition coefficient (Wildman–Crippen LogP) is 1.38. The zero-order valence-corrected chi connectivity index (χ0v) is 5.85. The van der Waals surface area contributed by atoms with Crippen molar-refractivity contribution in [3.05, 3.63) is 22.6 Å². The van der Waals surface area contributed by atoms with E-state index >= 15 is 0 Å². The third kappa shape index (κ3) is 1.76. The molecule has 3 heteroatoms. The lowest BCUT2D eigenvalue weighted by atomic mass is 10.2. The summed E-state index contributed by atoms with van der Waals surface area (Å²) < 4.78 is 8.92. The fraction of sp³-hybridized carbons (Fsp3) is 0.571. The van der Waals surface area contributed by atoms with E-state index in [0.29, 0.717) is 5.76 Å². The lowest BCUT2D eigenvalue weighted by Gasteiger charge is -1.87. The fourth-order valence-electron chi connectivity index (χ4n) is 0.680. The van der Waals surface area contributed by atoms with E-state index in [1.807, 2.05) is 0 Å². The highest BCUT2D eigenvalue weighted by molar-refractivity contribution is 4.82. The van der Waals surface area contributed by atoms with E-state index in [1.165, 1.54) is 0 Å². The molecule has 10 heavy (non-hydrogen) atoms. The monoisotopic (exact) mass is 141 g/mol. The summed E-state index contributed by atoms with van der Waals surface area (Å²) in [6.45, 7) is 2.07. The van der Waals surface area contributed by atoms with Gasteiger partial charge in [0.1, 0.15) is 0 Å². The van der Waals surface area contributed by atoms with E-state index in [2.05, 4.69) is 22.0 Å². The van der Waals surface area contributed by atoms with E-state index in [-0.39, 0.29) is 0 Å². The van der Waals surface area contributed by atoms with Gasteiger partial charge in [-0.25, -0.2) is 4.79 Å². The summed E-state index contributed by atoms with van der Waals surface area (Å²) in [5.41, 5.74) is 0. The quantitative estimate of drug-likeness (QED) is 0.638. The Morgan fingerprint density at radius 2 is 2.40 bits per heavy atom. The van der Waals surface area contributed by atoms with Gasteiger partial charge in [0, 0.05) is 6.42 Å². The zero-order valence-electron chi connectivity index (χ0n) is 5.85. The van der Waals surface area contributed by atoms with Crippen LogP contribution >= 0.6 is 0 Å². The van der Waals surface area contributed by atoms with Crippen molar-refractivity contribution in [3.63, 3.8) is 0 Å². The molecule has 55 valence electrons. The predicted molar refractivity (Wildman–Crippen MR) is 34.7 cm³/mol. The Kier molecular flexibility index (Phi) is 2.31. The van der Waals surface area contributed by atoms with Crippen LogP contribution in [0.15, 0.2) is 13.6 Å². The molecule has 0 saturated carbocycles. The minimum atomic E-state index is -0.661. The highest BCUT2D eigenvalue weighted by Gasteiger charge is 1.99. The normalized spacial score (nSPS) is 10.1. The van der Waals surface area contributed by atoms with Gasteiger partial charge in [0.15, 0.2) is 5.76 Å². The summed E-state index contributed by atoms with van der Waals surface area (Å²) >= 11 is 0. The van der Waals surface area contributed by atoms with Gasteiger partial charge in [-0.1, -0.05) is 13.3 Å². The van der Waals surface area contributed by atoms with Crippen molar-refractivity contribution in [2.45, 2.75) is 26.2 Å². The van der Waals surface area contributed by atoms with Crippen molar-refractivity contribution in [1.29, 1.82) is 0 Å². The second-order valence-electron chi connectivity index (χ2n) is 2.08. The number of rotatable bonds is 3. The van der Waals surface area contributed by atoms with Crippen molar-refractivity contribution in [2.24, 2.45) is 0 Å². The summed E-state index contributed by atoms with van der Waals surface area (Å²) in [6.07, 6.45) is 5.20. The van der Waals surface area contributed by atoms with Crippen LogP contribution in [0.3, 0.4) is 0 Å². The smallest absolute Gasteiger partial charge is 0.395 e. The molecular weight excluding hydrogens is 132 g/mol. The Hall–Kier alpha value is -0.990. The highest BCUT2D eigenvalue weighted by atomic mass is 16.6. The highest BCUT2D eigenvalue weighted by Crippen LogP contribution is 2.00. The van der Waals surface area contributed by atoms with Gasteiger partial charge >= 0.3 is 5.82 Å². The average molecular weight is 141 g/mol. The van der Waals surface area contributed by atoms with Gasteiger partial charge in [-0.2, -0.15) is 0 Å². The van der Waals surface area contributed by atoms with Crippen LogP contribution < -0.4 is 5.82 Å². The summed E-state index contributed by atoms with van der Waals surface area (Å²) in [7, 11) is 0. The molecule has 1 aromatic heterocycles. The van der Waals surface area contributed by atoms with Gasteiger partial charge in [0.25, 0.3) is 0 Å². The lowest BCUT2D eigenvalue weighted by Crippen LogP contribution is -1.87. The Morgan fingerprint density at radius 1 is 1.60 bits per heavy atom. The molecule has 1 aromatic rings. The molecule has 0 bridgehead atoms. The number of aryl methyl sites for hydroxylation is 1. The Bertz CT molecular complexity index is 233. The van der Waals surface area contributed by atoms with Crippen LogP contribution in [0.1, 0.15) is 25.5 Å². The average Bonchev–Trinajstić information content (AvgIpc) is 2.31. The van der Waals surface area contributed by atoms with Gasteiger partial charge in [-0.3, -0.25) is 0 Å². The molecule has 0 unspecified atom stereocenters. The van der Waals surface area contributed by atoms with Crippen molar-refractivity contribution in [2.75, 3.05) is 0 Å². The van der Waals surface area contributed by atoms with Crippen LogP contribution in [0.5, 0.6) is 0 Å². The zero-order chi connectivity index (χ0) is 7.40. The molecule has 0 N–H and O–H groups in total. The van der Waals surface area contributed by atoms with E-state index in [1.54, 1.807) is 0 Å². The number of hydrogen-bond acceptors (Lipinski definition) is 3. The van der Waals surface area contributed by atoms with Crippen molar-refractivity contribution >= 4 is 0 Å². The molecule has 1 radical (unpaired) electrons. The molecule has 0 amide bonds. The van der Waals surface area contributed by atoms with Crippen LogP contribution in [0.2, 0.25) is 0 Å². The maximum absolute atomic E-state index is 10.3. The van der Waals surface area contributed by atoms with Gasteiger partial charge in [0.2, 0.25) is 6.26 Å². The number of unbranched alkanes of at least 4 members (excludes halogenated alkanes) is 1. The maximum Gasteiger partial charge on any atom is 0.519 e. The lowest BCUT2D eigenvalue weighted by molar-refractivity contribution is 0.371. The third-order valence-corrected chi connectivity index (χ3v) is 1.21. The first-order chi connectivity index (χ1) is 4.83. The SMILES string of the molecule is CCCCc1[c]oc(=O)o1. The Labute approximate surface area is 58.7 Å². The molecule has 0 aliphatic heterocycles. The van der Waals surface area contributed by atoms with E-state index < -0.39 is 5.82 Å². The van der Waals surface area contributed by atoms with Crippen molar-refractivity contribution in [1.82, 2.24) is 0 Å². The van der Waals surface area contributed by atoms with Crippen LogP contribution in [0.25, 0.3) is 0 Å². The summed E-state index contributed by atoms with van der Waals surface area (Å²) in [5, 5.41) is 0. The molecule has 0 fully saturated rings. The molecule has 0 aliphatic rings. The van der Waals surface area contributed by atoms with E-state index in [0.717, 1.165) is 19.3 Å². The fourth-order valence-corrected chi connectivity index (χ4v) is 0.680. The molecule has 1 rings (SSSR count). The second-order valence-corrected chi connectivity index (χ2v) is 2.08. The summed E-state index contributed by atoms with van der Waals surface area (Å²) in [6, 6.07) is 0. The minimum absolute atomic E-state index is 0.520. The van der Waals surface area contributed by atoms with Crippen LogP contribution in [0.4, 0.5) is 0 Å². The second kappa shape index (κ2) is 3.25. The third-order valence-electron chi connectivity index (χ3n) is 1.21. The summed E-state index contributed by atoms with van der Waals surface area (Å²) in [4.78, 5) is 10.3. The number of hydrogen-bond donors (Lipinski definition) is 0. The molecule has 3 nitrogen and oxygen atoms in total. The van der Waals surface area contributed by atoms with E-state index in [9.17, 15) is 4.79 Å². The van der Waals surface area contributed by atoms with Gasteiger partial charge in [-0.05, 0) is 6.42 Å². The molecule has 0 aliphatic carbocycles. The van der Waals surface area contributed by atoms with Crippen molar-refractivity contribution < 1.29 is 8.83 Å². The van der Waals surface area contributed by atoms with Gasteiger partial charge in [0.05, 0.1) is 0 Å². The molecular formula is C7H9O3. The topological polar surface area (TPSA) is 43.4 Å². The van der Waals surface area contributed by atoms with E-state index in [4.69, 9.17) is 0 Å². The van der Waals surface area contributed by atoms with Gasteiger partial charge in [-0.15, -0.1) is 0 Å². The van der Waals surface area contributed by atoms with Crippen molar-refractivity contribution in [3.8, 4) is 0 Å². The molecule has 1 heterocycles. The minimum Gasteiger partial charge on any atom is -0.395 e. The molecule has 0 aromatic carbocycles. The van der Waals surface area contributed by atoms with Crippen LogP contribution in [0, 0.1) is 6.26 Å². The van der Waals surface area contributed by atoms with Crippen LogP contribution in [-0.2, 0) is 6.42 Å². The summed E-state index contributed by atoms with van der Waals surface area (Å²) in [5.74, 6) is -0.141. The maximum atomic E-state index is 10.3. The van der Waals surface area contributed by atoms with Gasteiger partial charge < -0.3 is 8.83 Å².